The van der Waals surface area contributed by atoms with Gasteiger partial charge in [-0.1, -0.05) is 11.6 Å². The van der Waals surface area contributed by atoms with Crippen LogP contribution in [-0.4, -0.2) is 64.2 Å². The second kappa shape index (κ2) is 9.91. The molecular formula is C17H24ClN3O5S. The summed E-state index contributed by atoms with van der Waals surface area (Å²) >= 11 is 5.49. The number of aromatic amines is 1. The van der Waals surface area contributed by atoms with Crippen molar-refractivity contribution in [1.29, 1.82) is 0 Å². The lowest BCUT2D eigenvalue weighted by atomic mass is 10.3. The van der Waals surface area contributed by atoms with Crippen molar-refractivity contribution in [1.82, 2.24) is 9.97 Å². The van der Waals surface area contributed by atoms with Crippen LogP contribution in [0.1, 0.15) is 12.2 Å². The molecule has 0 unspecified atom stereocenters. The van der Waals surface area contributed by atoms with Crippen LogP contribution in [0.4, 0.5) is 5.69 Å². The number of imidazole rings is 1. The van der Waals surface area contributed by atoms with Crippen LogP contribution in [0.2, 0.25) is 0 Å². The maximum Gasteiger partial charge on any atom is 0.306 e. The van der Waals surface area contributed by atoms with Gasteiger partial charge in [-0.15, -0.1) is 0 Å². The zero-order valence-corrected chi connectivity index (χ0v) is 17.0. The Kier molecular flexibility index (Phi) is 7.88. The van der Waals surface area contributed by atoms with Crippen molar-refractivity contribution in [2.45, 2.75) is 12.8 Å². The Morgan fingerprint density at radius 1 is 1.33 bits per heavy atom. The van der Waals surface area contributed by atoms with Crippen molar-refractivity contribution < 1.29 is 19.2 Å². The highest BCUT2D eigenvalue weighted by atomic mass is 35.5. The highest BCUT2D eigenvalue weighted by Crippen LogP contribution is 2.38. The van der Waals surface area contributed by atoms with Crippen molar-refractivity contribution in [3.63, 3.8) is 0 Å². The van der Waals surface area contributed by atoms with Crippen LogP contribution in [0.25, 0.3) is 11.0 Å². The molecule has 0 atom stereocenters. The third-order valence-corrected chi connectivity index (χ3v) is 6.75. The molecule has 10 heteroatoms. The molecule has 0 fully saturated rings. The third kappa shape index (κ3) is 7.00. The lowest BCUT2D eigenvalue weighted by molar-refractivity contribution is -0.384. The number of alkyl halides is 1. The van der Waals surface area contributed by atoms with Gasteiger partial charge < -0.3 is 14.5 Å². The minimum Gasteiger partial charge on any atom is -0.465 e. The maximum atomic E-state index is 11.9. The Labute approximate surface area is 164 Å². The number of benzene rings is 1. The number of nitrogens with one attached hydrogen (secondary N) is 1. The summed E-state index contributed by atoms with van der Waals surface area (Å²) in [5, 5.41) is 10.8. The number of hydrogen-bond donors (Lipinski definition) is 1. The molecular weight excluding hydrogens is 394 g/mol. The van der Waals surface area contributed by atoms with Gasteiger partial charge in [0.05, 0.1) is 35.6 Å². The number of ether oxygens (including phenoxy) is 2. The average Bonchev–Trinajstić information content (AvgIpc) is 3.02. The Bertz CT molecular complexity index is 796. The summed E-state index contributed by atoms with van der Waals surface area (Å²) in [6.07, 6.45) is 4.94. The monoisotopic (exact) mass is 417 g/mol. The van der Waals surface area contributed by atoms with E-state index in [1.165, 1.54) is 12.1 Å². The van der Waals surface area contributed by atoms with E-state index in [0.717, 1.165) is 11.5 Å². The zero-order chi connectivity index (χ0) is 19.9. The van der Waals surface area contributed by atoms with Gasteiger partial charge in [0.1, 0.15) is 11.9 Å². The minimum atomic E-state index is -0.879. The molecule has 0 aliphatic carbocycles. The number of hydrogen-bond acceptors (Lipinski definition) is 6. The van der Waals surface area contributed by atoms with Crippen LogP contribution < -0.4 is 0 Å². The van der Waals surface area contributed by atoms with E-state index >= 15 is 0 Å². The quantitative estimate of drug-likeness (QED) is 0.198. The van der Waals surface area contributed by atoms with Crippen LogP contribution in [0, 0.1) is 10.1 Å². The number of halogens is 1. The molecule has 0 amide bonds. The first kappa shape index (κ1) is 21.5. The van der Waals surface area contributed by atoms with Gasteiger partial charge in [-0.3, -0.25) is 14.9 Å². The van der Waals surface area contributed by atoms with Gasteiger partial charge in [0.15, 0.2) is 0 Å². The van der Waals surface area contributed by atoms with Gasteiger partial charge >= 0.3 is 5.97 Å². The van der Waals surface area contributed by atoms with E-state index in [4.69, 9.17) is 21.1 Å². The fraction of sp³-hybridized carbons (Fsp3) is 0.529. The first-order valence-electron chi connectivity index (χ1n) is 8.42. The van der Waals surface area contributed by atoms with E-state index in [-0.39, 0.29) is 24.1 Å². The van der Waals surface area contributed by atoms with Gasteiger partial charge in [-0.05, 0) is 18.6 Å². The summed E-state index contributed by atoms with van der Waals surface area (Å²) in [5.41, 5.74) is 1.21. The largest absolute Gasteiger partial charge is 0.465 e. The molecule has 1 heterocycles. The number of carbonyl (C=O) groups excluding carboxylic acids is 1. The van der Waals surface area contributed by atoms with E-state index < -0.39 is 15.0 Å². The third-order valence-electron chi connectivity index (χ3n) is 4.05. The molecule has 0 spiro atoms. The molecule has 0 aliphatic rings. The average molecular weight is 418 g/mol. The van der Waals surface area contributed by atoms with E-state index in [1.807, 2.05) is 0 Å². The first-order valence-corrected chi connectivity index (χ1v) is 11.7. The van der Waals surface area contributed by atoms with E-state index in [2.05, 4.69) is 22.5 Å². The minimum absolute atomic E-state index is 0.00123. The SMILES string of the molecule is CS(C)(CCOCCl)CCOC(=O)CCc1nc2ccc([N+](=O)[O-])cc2[nH]1. The number of nitro groups is 1. The lowest BCUT2D eigenvalue weighted by Crippen LogP contribution is -2.17. The Morgan fingerprint density at radius 2 is 2.07 bits per heavy atom. The van der Waals surface area contributed by atoms with Gasteiger partial charge in [-0.25, -0.2) is 15.0 Å². The summed E-state index contributed by atoms with van der Waals surface area (Å²) in [5.74, 6) is 2.06. The molecule has 0 radical (unpaired) electrons. The van der Waals surface area contributed by atoms with Gasteiger partial charge in [0.2, 0.25) is 0 Å². The fourth-order valence-electron chi connectivity index (χ4n) is 2.40. The standard InChI is InChI=1S/C17H24ClN3O5S/c1-27(2,9-7-25-12-18)10-8-26-17(22)6-5-16-19-14-4-3-13(21(23)24)11-15(14)20-16/h3-4,11H,5-10,12H2,1-2H3,(H,19,20). The molecule has 150 valence electrons. The first-order chi connectivity index (χ1) is 12.8. The van der Waals surface area contributed by atoms with E-state index in [1.54, 1.807) is 6.07 Å². The van der Waals surface area contributed by atoms with Crippen molar-refractivity contribution in [3.8, 4) is 0 Å². The second-order valence-electron chi connectivity index (χ2n) is 6.56. The zero-order valence-electron chi connectivity index (χ0n) is 15.4. The van der Waals surface area contributed by atoms with Crippen molar-refractivity contribution in [3.05, 3.63) is 34.1 Å². The van der Waals surface area contributed by atoms with Crippen molar-refractivity contribution >= 4 is 44.3 Å². The van der Waals surface area contributed by atoms with Gasteiger partial charge in [-0.2, -0.15) is 0 Å². The van der Waals surface area contributed by atoms with E-state index in [0.29, 0.717) is 36.5 Å². The number of esters is 1. The molecule has 27 heavy (non-hydrogen) atoms. The van der Waals surface area contributed by atoms with Gasteiger partial charge in [0.25, 0.3) is 5.69 Å². The number of carbonyl (C=O) groups is 1. The van der Waals surface area contributed by atoms with Crippen LogP contribution in [0.3, 0.4) is 0 Å². The number of nitro benzene ring substituents is 1. The second-order valence-corrected chi connectivity index (χ2v) is 11.1. The normalized spacial score (nSPS) is 12.3. The van der Waals surface area contributed by atoms with Crippen molar-refractivity contribution in [2.24, 2.45) is 0 Å². The Morgan fingerprint density at radius 3 is 2.78 bits per heavy atom. The van der Waals surface area contributed by atoms with Crippen molar-refractivity contribution in [2.75, 3.05) is 43.3 Å². The Hall–Kier alpha value is -1.84. The predicted octanol–water partition coefficient (Wildman–Crippen LogP) is 3.22. The molecule has 2 rings (SSSR count). The summed E-state index contributed by atoms with van der Waals surface area (Å²) in [6, 6.07) is 4.62. The smallest absolute Gasteiger partial charge is 0.306 e. The topological polar surface area (TPSA) is 107 Å². The predicted molar refractivity (Wildman–Crippen MR) is 108 cm³/mol. The molecule has 8 nitrogen and oxygen atoms in total. The number of aryl methyl sites for hydroxylation is 1. The molecule has 1 N–H and O–H groups in total. The molecule has 0 bridgehead atoms. The number of rotatable bonds is 11. The number of aromatic nitrogens is 2. The fourth-order valence-corrected chi connectivity index (χ4v) is 3.81. The molecule has 2 aromatic rings. The Balaban J connectivity index is 1.77. The summed E-state index contributed by atoms with van der Waals surface area (Å²) in [7, 11) is -0.879. The van der Waals surface area contributed by atoms with Crippen LogP contribution in [0.15, 0.2) is 18.2 Å². The molecule has 0 saturated carbocycles. The number of H-pyrrole nitrogens is 1. The van der Waals surface area contributed by atoms with Crippen LogP contribution >= 0.6 is 21.6 Å². The molecule has 1 aromatic carbocycles. The summed E-state index contributed by atoms with van der Waals surface area (Å²) < 4.78 is 10.5. The summed E-state index contributed by atoms with van der Waals surface area (Å²) in [6.45, 7) is 0.998. The number of nitrogens with zero attached hydrogens (tertiary/aromatic N) is 2. The molecule has 0 aliphatic heterocycles. The number of fused-ring (bicyclic) bond motifs is 1. The maximum absolute atomic E-state index is 11.9. The lowest BCUT2D eigenvalue weighted by Gasteiger charge is -2.30. The number of non-ortho nitro benzene ring substituents is 1. The molecule has 0 saturated heterocycles. The highest BCUT2D eigenvalue weighted by molar-refractivity contribution is 8.32. The molecule has 1 aromatic heterocycles. The van der Waals surface area contributed by atoms with Gasteiger partial charge in [0, 0.05) is 30.1 Å². The van der Waals surface area contributed by atoms with Crippen LogP contribution in [0.5, 0.6) is 0 Å². The summed E-state index contributed by atoms with van der Waals surface area (Å²) in [4.78, 5) is 29.6. The van der Waals surface area contributed by atoms with E-state index in [9.17, 15) is 14.9 Å². The highest BCUT2D eigenvalue weighted by Gasteiger charge is 2.14. The van der Waals surface area contributed by atoms with Crippen LogP contribution in [-0.2, 0) is 20.7 Å².